The second-order valence-electron chi connectivity index (χ2n) is 9.51. The van der Waals surface area contributed by atoms with E-state index < -0.39 is 55.3 Å². The Bertz CT molecular complexity index is 1360. The molecule has 42 heavy (non-hydrogen) atoms. The van der Waals surface area contributed by atoms with E-state index >= 15 is 0 Å². The fourth-order valence-electron chi connectivity index (χ4n) is 4.28. The lowest BCUT2D eigenvalue weighted by atomic mass is 10.1. The molecule has 0 unspecified atom stereocenters. The Labute approximate surface area is 239 Å². The Hall–Kier alpha value is -4.95. The van der Waals surface area contributed by atoms with Gasteiger partial charge in [0.25, 0.3) is 5.91 Å². The smallest absolute Gasteiger partial charge is 0.338 e. The van der Waals surface area contributed by atoms with E-state index in [1.54, 1.807) is 30.5 Å². The number of carbonyl (C=O) groups excluding carboxylic acids is 4. The fourth-order valence-corrected chi connectivity index (χ4v) is 4.28. The first-order chi connectivity index (χ1) is 20.0. The molecule has 0 radical (unpaired) electrons. The van der Waals surface area contributed by atoms with E-state index in [1.165, 1.54) is 4.68 Å². The van der Waals surface area contributed by atoms with Crippen molar-refractivity contribution in [3.8, 4) is 5.69 Å². The number of aryl methyl sites for hydroxylation is 1. The number of carboxylic acids is 2. The highest BCUT2D eigenvalue weighted by molar-refractivity contribution is 6.16. The van der Waals surface area contributed by atoms with E-state index in [4.69, 9.17) is 5.11 Å². The van der Waals surface area contributed by atoms with Crippen molar-refractivity contribution in [2.75, 3.05) is 13.2 Å². The molecule has 1 aliphatic heterocycles. The molecular formula is C27H31FN6O8. The van der Waals surface area contributed by atoms with Crippen molar-refractivity contribution >= 4 is 35.7 Å². The summed E-state index contributed by atoms with van der Waals surface area (Å²) in [5, 5.41) is 29.3. The predicted molar refractivity (Wildman–Crippen MR) is 143 cm³/mol. The van der Waals surface area contributed by atoms with Crippen LogP contribution in [-0.4, -0.2) is 90.0 Å². The van der Waals surface area contributed by atoms with Gasteiger partial charge in [0.1, 0.15) is 12.5 Å². The zero-order valence-electron chi connectivity index (χ0n) is 22.7. The van der Waals surface area contributed by atoms with Crippen molar-refractivity contribution in [3.05, 3.63) is 54.0 Å². The van der Waals surface area contributed by atoms with E-state index in [2.05, 4.69) is 22.2 Å². The summed E-state index contributed by atoms with van der Waals surface area (Å²) in [5.74, 6) is -4.88. The maximum Gasteiger partial charge on any atom is 0.338 e. The van der Waals surface area contributed by atoms with Gasteiger partial charge in [-0.3, -0.25) is 23.6 Å². The standard InChI is InChI=1S/C27H31FN6O8/c1-17(7-12-24(37)38)33-22(35)15-23(36)34(27(33)42)21(26(40)41)6-2-3-14-29-25(39)18-8-10-20(11-9-18)32-16-19(30-31-32)5-4-13-28/h8-11,16,21H,1-7,12-15H2,(H,29,39)(H,37,38)(H,40,41)/t21-/m0/s1. The Morgan fingerprint density at radius 3 is 2.38 bits per heavy atom. The lowest BCUT2D eigenvalue weighted by molar-refractivity contribution is -0.152. The molecule has 0 spiro atoms. The summed E-state index contributed by atoms with van der Waals surface area (Å²) < 4.78 is 13.9. The quantitative estimate of drug-likeness (QED) is 0.194. The number of allylic oxidation sites excluding steroid dienone is 1. The summed E-state index contributed by atoms with van der Waals surface area (Å²) in [6.45, 7) is 3.30. The van der Waals surface area contributed by atoms with Crippen LogP contribution in [0.3, 0.4) is 0 Å². The van der Waals surface area contributed by atoms with Crippen LogP contribution in [0.2, 0.25) is 0 Å². The molecule has 224 valence electrons. The Morgan fingerprint density at radius 2 is 1.74 bits per heavy atom. The number of aromatic nitrogens is 3. The van der Waals surface area contributed by atoms with Gasteiger partial charge >= 0.3 is 18.0 Å². The number of halogens is 1. The van der Waals surface area contributed by atoms with Crippen LogP contribution in [0.1, 0.15) is 61.0 Å². The van der Waals surface area contributed by atoms with Gasteiger partial charge in [-0.1, -0.05) is 11.8 Å². The van der Waals surface area contributed by atoms with E-state index in [-0.39, 0.29) is 37.4 Å². The first kappa shape index (κ1) is 31.6. The number of rotatable bonds is 16. The molecule has 1 saturated heterocycles. The molecule has 14 nitrogen and oxygen atoms in total. The highest BCUT2D eigenvalue weighted by Crippen LogP contribution is 2.24. The maximum absolute atomic E-state index is 12.9. The minimum atomic E-state index is -1.56. The average Bonchev–Trinajstić information content (AvgIpc) is 3.42. The number of unbranched alkanes of at least 4 members (excludes halogenated alkanes) is 1. The summed E-state index contributed by atoms with van der Waals surface area (Å²) in [4.78, 5) is 74.1. The maximum atomic E-state index is 12.9. The number of nitrogens with zero attached hydrogens (tertiary/aromatic N) is 5. The summed E-state index contributed by atoms with van der Waals surface area (Å²) in [5.41, 5.74) is 1.54. The number of nitrogens with one attached hydrogen (secondary N) is 1. The van der Waals surface area contributed by atoms with Crippen LogP contribution in [0.15, 0.2) is 42.7 Å². The van der Waals surface area contributed by atoms with Crippen LogP contribution in [0.5, 0.6) is 0 Å². The SMILES string of the molecule is C=C(CCC(=O)O)N1C(=O)CC(=O)N([C@@H](CCCCNC(=O)c2ccc(-n3cc(CCCF)nn3)cc2)C(=O)O)C1=O. The van der Waals surface area contributed by atoms with Crippen LogP contribution in [0.4, 0.5) is 9.18 Å². The van der Waals surface area contributed by atoms with E-state index in [9.17, 15) is 38.3 Å². The molecule has 0 saturated carbocycles. The summed E-state index contributed by atoms with van der Waals surface area (Å²) in [6, 6.07) is 3.80. The van der Waals surface area contributed by atoms with E-state index in [0.29, 0.717) is 46.0 Å². The predicted octanol–water partition coefficient (Wildman–Crippen LogP) is 2.08. The first-order valence-corrected chi connectivity index (χ1v) is 13.2. The first-order valence-electron chi connectivity index (χ1n) is 13.2. The minimum absolute atomic E-state index is 0.133. The van der Waals surface area contributed by atoms with Gasteiger partial charge in [-0.2, -0.15) is 0 Å². The number of hydrogen-bond donors (Lipinski definition) is 3. The average molecular weight is 587 g/mol. The monoisotopic (exact) mass is 586 g/mol. The Morgan fingerprint density at radius 1 is 1.02 bits per heavy atom. The number of carboxylic acid groups (broad SMARTS) is 2. The molecule has 1 atom stereocenters. The van der Waals surface area contributed by atoms with Gasteiger partial charge in [0.2, 0.25) is 11.8 Å². The largest absolute Gasteiger partial charge is 0.481 e. The minimum Gasteiger partial charge on any atom is -0.481 e. The number of benzene rings is 1. The lowest BCUT2D eigenvalue weighted by Gasteiger charge is -2.36. The van der Waals surface area contributed by atoms with Crippen molar-refractivity contribution in [2.45, 2.75) is 57.4 Å². The molecule has 0 aliphatic carbocycles. The van der Waals surface area contributed by atoms with Crippen LogP contribution in [0.25, 0.3) is 5.69 Å². The van der Waals surface area contributed by atoms with Crippen LogP contribution in [-0.2, 0) is 25.6 Å². The molecule has 3 N–H and O–H groups in total. The van der Waals surface area contributed by atoms with Gasteiger partial charge < -0.3 is 15.5 Å². The number of barbiturate groups is 1. The number of amides is 5. The molecule has 2 aromatic rings. The summed E-state index contributed by atoms with van der Waals surface area (Å²) in [7, 11) is 0. The molecule has 0 bridgehead atoms. The number of urea groups is 1. The molecule has 1 aliphatic rings. The van der Waals surface area contributed by atoms with Gasteiger partial charge in [0.05, 0.1) is 30.7 Å². The number of hydrogen-bond acceptors (Lipinski definition) is 8. The molecule has 1 fully saturated rings. The van der Waals surface area contributed by atoms with E-state index in [1.807, 2.05) is 0 Å². The van der Waals surface area contributed by atoms with Crippen molar-refractivity contribution in [2.24, 2.45) is 0 Å². The molecular weight excluding hydrogens is 555 g/mol. The van der Waals surface area contributed by atoms with Gasteiger partial charge in [-0.25, -0.2) is 24.1 Å². The number of carbonyl (C=O) groups is 6. The van der Waals surface area contributed by atoms with Gasteiger partial charge in [-0.05, 0) is 62.8 Å². The highest BCUT2D eigenvalue weighted by atomic mass is 19.1. The van der Waals surface area contributed by atoms with Crippen molar-refractivity contribution < 1.29 is 43.4 Å². The second kappa shape index (κ2) is 14.6. The molecule has 5 amide bonds. The fraction of sp³-hybridized carbons (Fsp3) is 0.407. The molecule has 1 aromatic heterocycles. The summed E-state index contributed by atoms with van der Waals surface area (Å²) in [6.07, 6.45) is 1.53. The van der Waals surface area contributed by atoms with Gasteiger partial charge in [-0.15, -0.1) is 5.10 Å². The Kier molecular flexibility index (Phi) is 11.0. The van der Waals surface area contributed by atoms with Gasteiger partial charge in [0, 0.05) is 17.8 Å². The lowest BCUT2D eigenvalue weighted by Crippen LogP contribution is -2.59. The van der Waals surface area contributed by atoms with Crippen molar-refractivity contribution in [1.82, 2.24) is 30.1 Å². The molecule has 1 aromatic carbocycles. The number of alkyl halides is 1. The van der Waals surface area contributed by atoms with Crippen LogP contribution < -0.4 is 5.32 Å². The molecule has 15 heteroatoms. The third-order valence-corrected chi connectivity index (χ3v) is 6.45. The second-order valence-corrected chi connectivity index (χ2v) is 9.51. The zero-order valence-corrected chi connectivity index (χ0v) is 22.7. The zero-order chi connectivity index (χ0) is 30.8. The van der Waals surface area contributed by atoms with Crippen LogP contribution >= 0.6 is 0 Å². The van der Waals surface area contributed by atoms with Gasteiger partial charge in [0.15, 0.2) is 0 Å². The normalized spacial score (nSPS) is 14.2. The number of aliphatic carboxylic acids is 2. The Balaban J connectivity index is 1.51. The molecule has 2 heterocycles. The van der Waals surface area contributed by atoms with E-state index in [0.717, 1.165) is 0 Å². The topological polar surface area (TPSA) is 192 Å². The highest BCUT2D eigenvalue weighted by Gasteiger charge is 2.44. The number of imide groups is 2. The third kappa shape index (κ3) is 8.05. The summed E-state index contributed by atoms with van der Waals surface area (Å²) >= 11 is 0. The molecule has 3 rings (SSSR count). The van der Waals surface area contributed by atoms with Crippen molar-refractivity contribution in [3.63, 3.8) is 0 Å². The third-order valence-electron chi connectivity index (χ3n) is 6.45. The van der Waals surface area contributed by atoms with Crippen molar-refractivity contribution in [1.29, 1.82) is 0 Å². The van der Waals surface area contributed by atoms with Crippen LogP contribution in [0, 0.1) is 0 Å².